The fourth-order valence-electron chi connectivity index (χ4n) is 1.97. The number of aryl methyl sites for hydroxylation is 1. The van der Waals surface area contributed by atoms with E-state index in [0.29, 0.717) is 18.7 Å². The van der Waals surface area contributed by atoms with Gasteiger partial charge in [0.05, 0.1) is 6.54 Å². The smallest absolute Gasteiger partial charge is 0.332 e. The highest BCUT2D eigenvalue weighted by Gasteiger charge is 2.34. The summed E-state index contributed by atoms with van der Waals surface area (Å²) in [4.78, 5) is 22.5. The quantitative estimate of drug-likeness (QED) is 0.749. The minimum absolute atomic E-state index is 0.254. The van der Waals surface area contributed by atoms with Crippen LogP contribution in [0.25, 0.3) is 0 Å². The van der Waals surface area contributed by atoms with E-state index in [1.807, 2.05) is 11.5 Å². The van der Waals surface area contributed by atoms with Gasteiger partial charge in [0.15, 0.2) is 11.9 Å². The Kier molecular flexibility index (Phi) is 4.10. The summed E-state index contributed by atoms with van der Waals surface area (Å²) in [7, 11) is 0. The van der Waals surface area contributed by atoms with Crippen LogP contribution in [0.1, 0.15) is 25.6 Å². The number of aromatic nitrogens is 3. The molecule has 1 amide bonds. The van der Waals surface area contributed by atoms with E-state index in [1.165, 1.54) is 0 Å². The Morgan fingerprint density at radius 3 is 2.89 bits per heavy atom. The van der Waals surface area contributed by atoms with Crippen LogP contribution in [0.15, 0.2) is 6.33 Å². The van der Waals surface area contributed by atoms with Crippen LogP contribution in [0.3, 0.4) is 0 Å². The number of ether oxygens (including phenoxy) is 1. The van der Waals surface area contributed by atoms with E-state index >= 15 is 0 Å². The number of carboxylic acids is 1. The molecule has 8 nitrogen and oxygen atoms in total. The van der Waals surface area contributed by atoms with Crippen molar-refractivity contribution in [3.63, 3.8) is 0 Å². The molecule has 2 N–H and O–H groups in total. The molecule has 2 unspecified atom stereocenters. The van der Waals surface area contributed by atoms with E-state index in [4.69, 9.17) is 9.84 Å². The molecule has 0 bridgehead atoms. The van der Waals surface area contributed by atoms with Gasteiger partial charge in [-0.15, -0.1) is 10.2 Å². The van der Waals surface area contributed by atoms with Gasteiger partial charge in [0, 0.05) is 6.54 Å². The lowest BCUT2D eigenvalue weighted by molar-refractivity contribution is -0.151. The summed E-state index contributed by atoms with van der Waals surface area (Å²) in [5, 5.41) is 19.1. The fraction of sp³-hybridized carbons (Fsp3) is 0.636. The van der Waals surface area contributed by atoms with Crippen molar-refractivity contribution in [2.75, 3.05) is 0 Å². The molecule has 1 aliphatic rings. The minimum Gasteiger partial charge on any atom is -0.479 e. The van der Waals surface area contributed by atoms with Crippen molar-refractivity contribution in [3.8, 4) is 0 Å². The van der Waals surface area contributed by atoms with Gasteiger partial charge >= 0.3 is 5.97 Å². The third-order valence-electron chi connectivity index (χ3n) is 3.04. The van der Waals surface area contributed by atoms with E-state index in [1.54, 1.807) is 6.33 Å². The van der Waals surface area contributed by atoms with Gasteiger partial charge in [0.1, 0.15) is 12.4 Å². The molecule has 1 aromatic heterocycles. The molecule has 0 aliphatic carbocycles. The first-order chi connectivity index (χ1) is 9.11. The molecule has 1 aromatic rings. The van der Waals surface area contributed by atoms with Gasteiger partial charge in [-0.2, -0.15) is 0 Å². The second-order valence-corrected chi connectivity index (χ2v) is 4.28. The maximum absolute atomic E-state index is 11.8. The summed E-state index contributed by atoms with van der Waals surface area (Å²) < 4.78 is 6.97. The highest BCUT2D eigenvalue weighted by Crippen LogP contribution is 2.19. The number of nitrogens with one attached hydrogen (secondary N) is 1. The molecule has 19 heavy (non-hydrogen) atoms. The molecule has 0 aromatic carbocycles. The molecule has 0 saturated carbocycles. The molecule has 0 spiro atoms. The minimum atomic E-state index is -1.03. The summed E-state index contributed by atoms with van der Waals surface area (Å²) in [6.07, 6.45) is 0.796. The fourth-order valence-corrected chi connectivity index (χ4v) is 1.97. The van der Waals surface area contributed by atoms with E-state index < -0.39 is 18.2 Å². The van der Waals surface area contributed by atoms with E-state index in [2.05, 4.69) is 15.5 Å². The largest absolute Gasteiger partial charge is 0.479 e. The third kappa shape index (κ3) is 3.08. The molecule has 2 heterocycles. The molecule has 1 saturated heterocycles. The SMILES string of the molecule is CCn1cnnc1CNC(=O)C1CCC(C(=O)O)O1. The highest BCUT2D eigenvalue weighted by atomic mass is 16.5. The van der Waals surface area contributed by atoms with Crippen LogP contribution in [-0.2, 0) is 27.4 Å². The van der Waals surface area contributed by atoms with Crippen molar-refractivity contribution in [1.29, 1.82) is 0 Å². The number of hydrogen-bond donors (Lipinski definition) is 2. The lowest BCUT2D eigenvalue weighted by Gasteiger charge is -2.11. The zero-order valence-corrected chi connectivity index (χ0v) is 10.6. The molecular weight excluding hydrogens is 252 g/mol. The van der Waals surface area contributed by atoms with Gasteiger partial charge in [-0.25, -0.2) is 4.79 Å². The molecule has 1 fully saturated rings. The summed E-state index contributed by atoms with van der Waals surface area (Å²) in [6.45, 7) is 2.93. The first-order valence-electron chi connectivity index (χ1n) is 6.14. The van der Waals surface area contributed by atoms with Crippen molar-refractivity contribution in [2.45, 2.75) is 45.1 Å². The van der Waals surface area contributed by atoms with Crippen molar-refractivity contribution < 1.29 is 19.4 Å². The van der Waals surface area contributed by atoms with Crippen LogP contribution in [0.5, 0.6) is 0 Å². The van der Waals surface area contributed by atoms with Gasteiger partial charge in [0.25, 0.3) is 0 Å². The molecule has 0 radical (unpaired) electrons. The number of carbonyl (C=O) groups excluding carboxylic acids is 1. The Bertz CT molecular complexity index is 473. The first kappa shape index (κ1) is 13.5. The van der Waals surface area contributed by atoms with Crippen LogP contribution in [0, 0.1) is 0 Å². The number of carboxylic acid groups (broad SMARTS) is 1. The first-order valence-corrected chi connectivity index (χ1v) is 6.14. The Balaban J connectivity index is 1.84. The topological polar surface area (TPSA) is 106 Å². The van der Waals surface area contributed by atoms with Gasteiger partial charge in [0.2, 0.25) is 5.91 Å². The standard InChI is InChI=1S/C11H16N4O4/c1-2-15-6-13-14-9(15)5-12-10(16)7-3-4-8(19-7)11(17)18/h6-8H,2-5H2,1H3,(H,12,16)(H,17,18). The van der Waals surface area contributed by atoms with Crippen molar-refractivity contribution in [2.24, 2.45) is 0 Å². The lowest BCUT2D eigenvalue weighted by atomic mass is 10.2. The predicted molar refractivity (Wildman–Crippen MR) is 63.1 cm³/mol. The average Bonchev–Trinajstić information content (AvgIpc) is 3.04. The number of rotatable bonds is 5. The van der Waals surface area contributed by atoms with Gasteiger partial charge in [-0.05, 0) is 19.8 Å². The molecule has 8 heteroatoms. The average molecular weight is 268 g/mol. The Hall–Kier alpha value is -1.96. The summed E-state index contributed by atoms with van der Waals surface area (Å²) in [5.41, 5.74) is 0. The number of aliphatic carboxylic acids is 1. The van der Waals surface area contributed by atoms with Crippen LogP contribution < -0.4 is 5.32 Å². The summed E-state index contributed by atoms with van der Waals surface area (Å²) in [5.74, 6) is -0.681. The van der Waals surface area contributed by atoms with Gasteiger partial charge in [-0.1, -0.05) is 0 Å². The number of carbonyl (C=O) groups is 2. The second kappa shape index (κ2) is 5.79. The van der Waals surface area contributed by atoms with Crippen molar-refractivity contribution >= 4 is 11.9 Å². The molecule has 2 rings (SSSR count). The summed E-state index contributed by atoms with van der Waals surface area (Å²) in [6, 6.07) is 0. The molecular formula is C11H16N4O4. The van der Waals surface area contributed by atoms with Crippen LogP contribution in [0.2, 0.25) is 0 Å². The second-order valence-electron chi connectivity index (χ2n) is 4.28. The third-order valence-corrected chi connectivity index (χ3v) is 3.04. The zero-order chi connectivity index (χ0) is 13.8. The van der Waals surface area contributed by atoms with E-state index in [-0.39, 0.29) is 12.5 Å². The van der Waals surface area contributed by atoms with Gasteiger partial charge in [-0.3, -0.25) is 4.79 Å². The monoisotopic (exact) mass is 268 g/mol. The number of nitrogens with zero attached hydrogens (tertiary/aromatic N) is 3. The van der Waals surface area contributed by atoms with Gasteiger partial charge < -0.3 is 19.7 Å². The molecule has 1 aliphatic heterocycles. The Morgan fingerprint density at radius 1 is 1.53 bits per heavy atom. The highest BCUT2D eigenvalue weighted by molar-refractivity contribution is 5.82. The van der Waals surface area contributed by atoms with Crippen LogP contribution in [0.4, 0.5) is 0 Å². The Morgan fingerprint density at radius 2 is 2.26 bits per heavy atom. The maximum atomic E-state index is 11.8. The molecule has 104 valence electrons. The van der Waals surface area contributed by atoms with Crippen molar-refractivity contribution in [3.05, 3.63) is 12.2 Å². The van der Waals surface area contributed by atoms with Crippen molar-refractivity contribution in [1.82, 2.24) is 20.1 Å². The number of hydrogen-bond acceptors (Lipinski definition) is 5. The van der Waals surface area contributed by atoms with E-state index in [9.17, 15) is 9.59 Å². The Labute approximate surface area is 109 Å². The van der Waals surface area contributed by atoms with E-state index in [0.717, 1.165) is 6.54 Å². The predicted octanol–water partition coefficient (Wildman–Crippen LogP) is -0.454. The number of amides is 1. The maximum Gasteiger partial charge on any atom is 0.332 e. The van der Waals surface area contributed by atoms with Crippen LogP contribution >= 0.6 is 0 Å². The summed E-state index contributed by atoms with van der Waals surface area (Å²) >= 11 is 0. The lowest BCUT2D eigenvalue weighted by Crippen LogP contribution is -2.35. The van der Waals surface area contributed by atoms with Crippen LogP contribution in [-0.4, -0.2) is 44.0 Å². The normalized spacial score (nSPS) is 22.4. The molecule has 2 atom stereocenters. The zero-order valence-electron chi connectivity index (χ0n) is 10.6.